The Balaban J connectivity index is 3.70. The minimum Gasteiger partial charge on any atom is -0.392 e. The molecule has 0 aliphatic heterocycles. The van der Waals surface area contributed by atoms with Crippen molar-refractivity contribution in [1.82, 2.24) is 15.5 Å². The van der Waals surface area contributed by atoms with Gasteiger partial charge < -0.3 is 21.3 Å². The molecule has 0 rings (SSSR count). The highest BCUT2D eigenvalue weighted by atomic mass is 32.1. The molecular formula is C11H22N4O2S. The number of nitrogens with two attached hydrogens (primary N) is 1. The fourth-order valence-electron chi connectivity index (χ4n) is 1.12. The van der Waals surface area contributed by atoms with E-state index in [1.165, 1.54) is 0 Å². The molecule has 0 heterocycles. The molecule has 0 aromatic heterocycles. The molecule has 0 radical (unpaired) electrons. The van der Waals surface area contributed by atoms with Gasteiger partial charge in [0, 0.05) is 12.6 Å². The second-order valence-corrected chi connectivity index (χ2v) is 4.86. The van der Waals surface area contributed by atoms with Gasteiger partial charge in [0.2, 0.25) is 0 Å². The van der Waals surface area contributed by atoms with E-state index < -0.39 is 11.8 Å². The minimum atomic E-state index is -0.708. The Labute approximate surface area is 113 Å². The zero-order valence-corrected chi connectivity index (χ0v) is 12.0. The van der Waals surface area contributed by atoms with Crippen LogP contribution in [-0.2, 0) is 9.59 Å². The van der Waals surface area contributed by atoms with Crippen molar-refractivity contribution in [1.29, 1.82) is 0 Å². The largest absolute Gasteiger partial charge is 0.392 e. The van der Waals surface area contributed by atoms with Crippen LogP contribution in [-0.4, -0.2) is 54.4 Å². The maximum Gasteiger partial charge on any atom is 0.309 e. The van der Waals surface area contributed by atoms with E-state index in [1.807, 2.05) is 7.05 Å². The van der Waals surface area contributed by atoms with Gasteiger partial charge in [-0.2, -0.15) is 0 Å². The summed E-state index contributed by atoms with van der Waals surface area (Å²) >= 11 is 4.59. The summed E-state index contributed by atoms with van der Waals surface area (Å²) in [5.41, 5.74) is 5.20. The number of amides is 2. The smallest absolute Gasteiger partial charge is 0.309 e. The Bertz CT molecular complexity index is 307. The Morgan fingerprint density at radius 1 is 1.28 bits per heavy atom. The van der Waals surface area contributed by atoms with Gasteiger partial charge in [0.15, 0.2) is 0 Å². The molecule has 0 atom stereocenters. The molecule has 0 aliphatic carbocycles. The quantitative estimate of drug-likeness (QED) is 0.322. The van der Waals surface area contributed by atoms with Gasteiger partial charge in [0.1, 0.15) is 0 Å². The van der Waals surface area contributed by atoms with Gasteiger partial charge in [-0.25, -0.2) is 0 Å². The molecule has 0 aliphatic rings. The van der Waals surface area contributed by atoms with E-state index in [0.29, 0.717) is 12.6 Å². The van der Waals surface area contributed by atoms with Crippen LogP contribution in [0.15, 0.2) is 0 Å². The fraction of sp³-hybridized carbons (Fsp3) is 0.727. The molecule has 0 bridgehead atoms. The maximum absolute atomic E-state index is 11.3. The van der Waals surface area contributed by atoms with Crippen LogP contribution in [0.25, 0.3) is 0 Å². The molecule has 6 nitrogen and oxygen atoms in total. The lowest BCUT2D eigenvalue weighted by molar-refractivity contribution is -0.139. The van der Waals surface area contributed by atoms with Gasteiger partial charge in [0.25, 0.3) is 0 Å². The highest BCUT2D eigenvalue weighted by Gasteiger charge is 2.12. The molecule has 18 heavy (non-hydrogen) atoms. The highest BCUT2D eigenvalue weighted by molar-refractivity contribution is 7.80. The van der Waals surface area contributed by atoms with Crippen LogP contribution in [0.1, 0.15) is 20.3 Å². The van der Waals surface area contributed by atoms with Gasteiger partial charge >= 0.3 is 11.8 Å². The van der Waals surface area contributed by atoms with E-state index >= 15 is 0 Å². The third-order valence-corrected chi connectivity index (χ3v) is 2.63. The second-order valence-electron chi connectivity index (χ2n) is 4.33. The van der Waals surface area contributed by atoms with Crippen LogP contribution in [0.2, 0.25) is 0 Å². The third-order valence-electron chi connectivity index (χ3n) is 2.48. The molecule has 2 amide bonds. The molecule has 7 heteroatoms. The van der Waals surface area contributed by atoms with Crippen LogP contribution in [0.3, 0.4) is 0 Å². The van der Waals surface area contributed by atoms with Crippen molar-refractivity contribution in [3.63, 3.8) is 0 Å². The lowest BCUT2D eigenvalue weighted by atomic mass is 10.3. The van der Waals surface area contributed by atoms with E-state index in [2.05, 4.69) is 41.6 Å². The van der Waals surface area contributed by atoms with Crippen molar-refractivity contribution < 1.29 is 9.59 Å². The van der Waals surface area contributed by atoms with Crippen molar-refractivity contribution in [3.05, 3.63) is 0 Å². The Hall–Kier alpha value is -1.21. The SMILES string of the molecule is CC(C)N(C)CCCNC(=O)C(=O)NCC(N)=S. The predicted molar refractivity (Wildman–Crippen MR) is 75.2 cm³/mol. The van der Waals surface area contributed by atoms with Crippen molar-refractivity contribution in [2.75, 3.05) is 26.7 Å². The van der Waals surface area contributed by atoms with Gasteiger partial charge in [-0.15, -0.1) is 0 Å². The van der Waals surface area contributed by atoms with Gasteiger partial charge in [-0.05, 0) is 33.9 Å². The molecule has 0 aromatic rings. The summed E-state index contributed by atoms with van der Waals surface area (Å²) in [6.45, 7) is 5.57. The zero-order chi connectivity index (χ0) is 14.1. The van der Waals surface area contributed by atoms with Crippen LogP contribution in [0.5, 0.6) is 0 Å². The number of rotatable bonds is 7. The van der Waals surface area contributed by atoms with Crippen LogP contribution in [0, 0.1) is 0 Å². The lowest BCUT2D eigenvalue weighted by Crippen LogP contribution is -2.43. The number of nitrogens with zero attached hydrogens (tertiary/aromatic N) is 1. The summed E-state index contributed by atoms with van der Waals surface area (Å²) < 4.78 is 0. The standard InChI is InChI=1S/C11H22N4O2S/c1-8(2)15(3)6-4-5-13-10(16)11(17)14-7-9(12)18/h8H,4-7H2,1-3H3,(H2,12,18)(H,13,16)(H,14,17). The topological polar surface area (TPSA) is 87.5 Å². The van der Waals surface area contributed by atoms with Gasteiger partial charge in [-0.1, -0.05) is 12.2 Å². The Morgan fingerprint density at radius 2 is 1.83 bits per heavy atom. The third kappa shape index (κ3) is 7.97. The number of hydrogen-bond donors (Lipinski definition) is 3. The number of carbonyl (C=O) groups excluding carboxylic acids is 2. The monoisotopic (exact) mass is 274 g/mol. The first-order valence-corrected chi connectivity index (χ1v) is 6.30. The number of carbonyl (C=O) groups is 2. The first-order valence-electron chi connectivity index (χ1n) is 5.89. The summed E-state index contributed by atoms with van der Waals surface area (Å²) in [7, 11) is 2.02. The molecule has 0 unspecified atom stereocenters. The molecule has 0 fully saturated rings. The molecule has 0 saturated heterocycles. The average Bonchev–Trinajstić information content (AvgIpc) is 2.30. The Kier molecular flexibility index (Phi) is 8.23. The second kappa shape index (κ2) is 8.82. The fourth-order valence-corrected chi connectivity index (χ4v) is 1.19. The summed E-state index contributed by atoms with van der Waals surface area (Å²) in [5, 5.41) is 4.86. The van der Waals surface area contributed by atoms with Crippen LogP contribution < -0.4 is 16.4 Å². The average molecular weight is 274 g/mol. The minimum absolute atomic E-state index is 0.0394. The van der Waals surface area contributed by atoms with E-state index in [-0.39, 0.29) is 11.5 Å². The maximum atomic E-state index is 11.3. The van der Waals surface area contributed by atoms with Crippen LogP contribution in [0.4, 0.5) is 0 Å². The van der Waals surface area contributed by atoms with E-state index in [1.54, 1.807) is 0 Å². The van der Waals surface area contributed by atoms with Crippen molar-refractivity contribution in [3.8, 4) is 0 Å². The Morgan fingerprint density at radius 3 is 2.33 bits per heavy atom. The van der Waals surface area contributed by atoms with Crippen LogP contribution >= 0.6 is 12.2 Å². The molecule has 0 aromatic carbocycles. The van der Waals surface area contributed by atoms with Gasteiger partial charge in [-0.3, -0.25) is 9.59 Å². The van der Waals surface area contributed by atoms with Crippen molar-refractivity contribution in [2.45, 2.75) is 26.3 Å². The first-order chi connectivity index (χ1) is 8.34. The number of thiocarbonyl (C=S) groups is 1. The van der Waals surface area contributed by atoms with E-state index in [9.17, 15) is 9.59 Å². The summed E-state index contributed by atoms with van der Waals surface area (Å²) in [4.78, 5) is 24.9. The number of nitrogens with one attached hydrogen (secondary N) is 2. The van der Waals surface area contributed by atoms with Gasteiger partial charge in [0.05, 0.1) is 11.5 Å². The van der Waals surface area contributed by atoms with Crippen molar-refractivity contribution in [2.24, 2.45) is 5.73 Å². The first kappa shape index (κ1) is 16.8. The summed E-state index contributed by atoms with van der Waals surface area (Å²) in [5.74, 6) is -1.36. The van der Waals surface area contributed by atoms with E-state index in [0.717, 1.165) is 13.0 Å². The molecule has 104 valence electrons. The molecule has 0 saturated carbocycles. The summed E-state index contributed by atoms with van der Waals surface area (Å²) in [6, 6.07) is 0.467. The lowest BCUT2D eigenvalue weighted by Gasteiger charge is -2.20. The summed E-state index contributed by atoms with van der Waals surface area (Å²) in [6.07, 6.45) is 0.795. The molecular weight excluding hydrogens is 252 g/mol. The normalized spacial score (nSPS) is 10.5. The molecule has 0 spiro atoms. The van der Waals surface area contributed by atoms with E-state index in [4.69, 9.17) is 5.73 Å². The predicted octanol–water partition coefficient (Wildman–Crippen LogP) is -0.765. The highest BCUT2D eigenvalue weighted by Crippen LogP contribution is 1.93. The number of hydrogen-bond acceptors (Lipinski definition) is 4. The molecule has 4 N–H and O–H groups in total. The zero-order valence-electron chi connectivity index (χ0n) is 11.2. The van der Waals surface area contributed by atoms with Crippen molar-refractivity contribution >= 4 is 29.0 Å².